The molecule has 0 fully saturated rings. The Labute approximate surface area is 112 Å². The van der Waals surface area contributed by atoms with Crippen LogP contribution in [-0.4, -0.2) is 17.0 Å². The maximum Gasteiger partial charge on any atom is 0.132 e. The van der Waals surface area contributed by atoms with Crippen molar-refractivity contribution in [1.82, 2.24) is 9.97 Å². The number of aryl methyl sites for hydroxylation is 1. The molecule has 3 nitrogen and oxygen atoms in total. The Morgan fingerprint density at radius 3 is 2.68 bits per heavy atom. The van der Waals surface area contributed by atoms with Crippen LogP contribution in [0.1, 0.15) is 24.7 Å². The maximum absolute atomic E-state index is 13.4. The molecule has 1 aromatic carbocycles. The fraction of sp³-hybridized carbons (Fsp3) is 0.333. The minimum Gasteiger partial charge on any atom is -0.373 e. The van der Waals surface area contributed by atoms with Crippen molar-refractivity contribution in [3.05, 3.63) is 41.5 Å². The van der Waals surface area contributed by atoms with Crippen molar-refractivity contribution in [2.24, 2.45) is 0 Å². The zero-order valence-electron chi connectivity index (χ0n) is 11.5. The Hall–Kier alpha value is -1.97. The van der Waals surface area contributed by atoms with Gasteiger partial charge in [0.05, 0.1) is 5.69 Å². The summed E-state index contributed by atoms with van der Waals surface area (Å²) in [5, 5.41) is 3.07. The van der Waals surface area contributed by atoms with E-state index in [1.165, 1.54) is 12.1 Å². The summed E-state index contributed by atoms with van der Waals surface area (Å²) in [5.74, 6) is 1.34. The summed E-state index contributed by atoms with van der Waals surface area (Å²) >= 11 is 0. The third kappa shape index (κ3) is 2.89. The van der Waals surface area contributed by atoms with Crippen molar-refractivity contribution < 1.29 is 4.39 Å². The predicted octanol–water partition coefficient (Wildman–Crippen LogP) is 3.59. The van der Waals surface area contributed by atoms with E-state index >= 15 is 0 Å². The SMILES string of the molecule is CCCc1nc(NC)c(C)c(-c2cccc(F)c2)n1. The minimum atomic E-state index is -0.251. The monoisotopic (exact) mass is 259 g/mol. The molecule has 0 unspecified atom stereocenters. The molecule has 4 heteroatoms. The zero-order chi connectivity index (χ0) is 13.8. The molecular weight excluding hydrogens is 241 g/mol. The second-order valence-corrected chi connectivity index (χ2v) is 4.47. The Morgan fingerprint density at radius 1 is 1.26 bits per heavy atom. The number of nitrogens with zero attached hydrogens (tertiary/aromatic N) is 2. The molecule has 0 saturated heterocycles. The molecule has 0 atom stereocenters. The lowest BCUT2D eigenvalue weighted by molar-refractivity contribution is 0.628. The number of benzene rings is 1. The van der Waals surface area contributed by atoms with Crippen LogP contribution in [0.5, 0.6) is 0 Å². The van der Waals surface area contributed by atoms with Crippen molar-refractivity contribution in [2.45, 2.75) is 26.7 Å². The zero-order valence-corrected chi connectivity index (χ0v) is 11.5. The Morgan fingerprint density at radius 2 is 2.05 bits per heavy atom. The van der Waals surface area contributed by atoms with Crippen LogP contribution in [0.3, 0.4) is 0 Å². The average molecular weight is 259 g/mol. The van der Waals surface area contributed by atoms with Gasteiger partial charge in [-0.15, -0.1) is 0 Å². The van der Waals surface area contributed by atoms with E-state index in [0.29, 0.717) is 0 Å². The molecule has 1 heterocycles. The van der Waals surface area contributed by atoms with Crippen molar-refractivity contribution in [2.75, 3.05) is 12.4 Å². The number of anilines is 1. The van der Waals surface area contributed by atoms with Crippen LogP contribution in [0.25, 0.3) is 11.3 Å². The summed E-state index contributed by atoms with van der Waals surface area (Å²) in [6.45, 7) is 4.03. The lowest BCUT2D eigenvalue weighted by atomic mass is 10.1. The predicted molar refractivity (Wildman–Crippen MR) is 75.7 cm³/mol. The third-order valence-electron chi connectivity index (χ3n) is 3.00. The molecule has 0 amide bonds. The van der Waals surface area contributed by atoms with Crippen molar-refractivity contribution >= 4 is 5.82 Å². The van der Waals surface area contributed by atoms with E-state index in [4.69, 9.17) is 0 Å². The molecule has 1 N–H and O–H groups in total. The van der Waals surface area contributed by atoms with E-state index in [9.17, 15) is 4.39 Å². The highest BCUT2D eigenvalue weighted by Crippen LogP contribution is 2.26. The number of nitrogens with one attached hydrogen (secondary N) is 1. The largest absolute Gasteiger partial charge is 0.373 e. The van der Waals surface area contributed by atoms with Gasteiger partial charge in [0.2, 0.25) is 0 Å². The highest BCUT2D eigenvalue weighted by atomic mass is 19.1. The van der Waals surface area contributed by atoms with Gasteiger partial charge < -0.3 is 5.32 Å². The Kier molecular flexibility index (Phi) is 4.10. The quantitative estimate of drug-likeness (QED) is 0.911. The van der Waals surface area contributed by atoms with Crippen molar-refractivity contribution in [3.63, 3.8) is 0 Å². The lowest BCUT2D eigenvalue weighted by Gasteiger charge is -2.12. The molecular formula is C15H18FN3. The topological polar surface area (TPSA) is 37.8 Å². The van der Waals surface area contributed by atoms with Crippen LogP contribution in [0.15, 0.2) is 24.3 Å². The summed E-state index contributed by atoms with van der Waals surface area (Å²) in [6.07, 6.45) is 1.80. The average Bonchev–Trinajstić information content (AvgIpc) is 2.41. The molecule has 0 saturated carbocycles. The third-order valence-corrected chi connectivity index (χ3v) is 3.00. The van der Waals surface area contributed by atoms with Gasteiger partial charge in [0.1, 0.15) is 17.5 Å². The first-order chi connectivity index (χ1) is 9.15. The number of rotatable bonds is 4. The normalized spacial score (nSPS) is 10.5. The molecule has 100 valence electrons. The fourth-order valence-corrected chi connectivity index (χ4v) is 2.06. The molecule has 0 aliphatic heterocycles. The molecule has 1 aromatic heterocycles. The van der Waals surface area contributed by atoms with Crippen LogP contribution >= 0.6 is 0 Å². The van der Waals surface area contributed by atoms with Gasteiger partial charge in [0.25, 0.3) is 0 Å². The van der Waals surface area contributed by atoms with Crippen LogP contribution in [-0.2, 0) is 6.42 Å². The lowest BCUT2D eigenvalue weighted by Crippen LogP contribution is -2.05. The highest BCUT2D eigenvalue weighted by Gasteiger charge is 2.12. The number of aromatic nitrogens is 2. The minimum absolute atomic E-state index is 0.251. The van der Waals surface area contributed by atoms with Gasteiger partial charge in [-0.05, 0) is 25.5 Å². The van der Waals surface area contributed by atoms with Crippen LogP contribution < -0.4 is 5.32 Å². The summed E-state index contributed by atoms with van der Waals surface area (Å²) in [7, 11) is 1.83. The Balaban J connectivity index is 2.57. The molecule has 0 radical (unpaired) electrons. The summed E-state index contributed by atoms with van der Waals surface area (Å²) in [5.41, 5.74) is 2.52. The van der Waals surface area contributed by atoms with E-state index in [1.807, 2.05) is 20.0 Å². The molecule has 0 aliphatic rings. The van der Waals surface area contributed by atoms with Gasteiger partial charge >= 0.3 is 0 Å². The van der Waals surface area contributed by atoms with E-state index in [0.717, 1.165) is 41.3 Å². The van der Waals surface area contributed by atoms with Gasteiger partial charge in [-0.2, -0.15) is 0 Å². The van der Waals surface area contributed by atoms with Crippen molar-refractivity contribution in [3.8, 4) is 11.3 Å². The van der Waals surface area contributed by atoms with Gasteiger partial charge in [-0.3, -0.25) is 0 Å². The van der Waals surface area contributed by atoms with Gasteiger partial charge in [0.15, 0.2) is 0 Å². The summed E-state index contributed by atoms with van der Waals surface area (Å²) in [4.78, 5) is 9.04. The van der Waals surface area contributed by atoms with E-state index in [1.54, 1.807) is 6.07 Å². The second kappa shape index (κ2) is 5.78. The van der Waals surface area contributed by atoms with Gasteiger partial charge in [0, 0.05) is 24.6 Å². The fourth-order valence-electron chi connectivity index (χ4n) is 2.06. The molecule has 19 heavy (non-hydrogen) atoms. The number of hydrogen-bond donors (Lipinski definition) is 1. The summed E-state index contributed by atoms with van der Waals surface area (Å²) in [6, 6.07) is 6.51. The smallest absolute Gasteiger partial charge is 0.132 e. The van der Waals surface area contributed by atoms with Gasteiger partial charge in [-0.1, -0.05) is 19.1 Å². The number of hydrogen-bond acceptors (Lipinski definition) is 3. The van der Waals surface area contributed by atoms with Gasteiger partial charge in [-0.25, -0.2) is 14.4 Å². The first kappa shape index (κ1) is 13.5. The standard InChI is InChI=1S/C15H18FN3/c1-4-6-13-18-14(10(2)15(17-3)19-13)11-7-5-8-12(16)9-11/h5,7-9H,4,6H2,1-3H3,(H,17,18,19). The summed E-state index contributed by atoms with van der Waals surface area (Å²) < 4.78 is 13.4. The molecule has 2 aromatic rings. The van der Waals surface area contributed by atoms with E-state index < -0.39 is 0 Å². The second-order valence-electron chi connectivity index (χ2n) is 4.47. The highest BCUT2D eigenvalue weighted by molar-refractivity contribution is 5.68. The molecule has 0 aliphatic carbocycles. The number of halogens is 1. The molecule has 0 bridgehead atoms. The van der Waals surface area contributed by atoms with Crippen molar-refractivity contribution in [1.29, 1.82) is 0 Å². The molecule has 0 spiro atoms. The van der Waals surface area contributed by atoms with Crippen LogP contribution in [0.2, 0.25) is 0 Å². The first-order valence-electron chi connectivity index (χ1n) is 6.47. The van der Waals surface area contributed by atoms with Crippen LogP contribution in [0.4, 0.5) is 10.2 Å². The Bertz CT molecular complexity index is 582. The van der Waals surface area contributed by atoms with E-state index in [-0.39, 0.29) is 5.82 Å². The first-order valence-corrected chi connectivity index (χ1v) is 6.47. The molecule has 2 rings (SSSR count). The van der Waals surface area contributed by atoms with E-state index in [2.05, 4.69) is 22.2 Å². The maximum atomic E-state index is 13.4. The van der Waals surface area contributed by atoms with Crippen LogP contribution in [0, 0.1) is 12.7 Å².